The van der Waals surface area contributed by atoms with E-state index in [0.717, 1.165) is 50.7 Å². The lowest BCUT2D eigenvalue weighted by Crippen LogP contribution is -2.49. The highest BCUT2D eigenvalue weighted by Crippen LogP contribution is 2.24. The number of nitrogens with one attached hydrogen (secondary N) is 1. The number of hydrogen-bond donors (Lipinski definition) is 1. The van der Waals surface area contributed by atoms with Crippen LogP contribution in [0.3, 0.4) is 0 Å². The fraction of sp³-hybridized carbons (Fsp3) is 0.733. The highest BCUT2D eigenvalue weighted by atomic mass is 32.1. The summed E-state index contributed by atoms with van der Waals surface area (Å²) in [5, 5.41) is 4.51. The number of nitrogens with zero attached hydrogens (tertiary/aromatic N) is 3. The van der Waals surface area contributed by atoms with Gasteiger partial charge in [0.15, 0.2) is 5.13 Å². The summed E-state index contributed by atoms with van der Waals surface area (Å²) < 4.78 is 0. The number of amides is 1. The van der Waals surface area contributed by atoms with E-state index >= 15 is 0 Å². The summed E-state index contributed by atoms with van der Waals surface area (Å²) in [6.45, 7) is 6.68. The van der Waals surface area contributed by atoms with Gasteiger partial charge in [-0.25, -0.2) is 4.98 Å². The molecule has 2 saturated heterocycles. The number of aryl methyl sites for hydroxylation is 1. The van der Waals surface area contributed by atoms with Crippen molar-refractivity contribution < 1.29 is 4.79 Å². The van der Waals surface area contributed by atoms with Crippen LogP contribution < -0.4 is 10.2 Å². The predicted octanol–water partition coefficient (Wildman–Crippen LogP) is 1.50. The van der Waals surface area contributed by atoms with Gasteiger partial charge in [0.05, 0.1) is 0 Å². The second kappa shape index (κ2) is 6.75. The average molecular weight is 308 g/mol. The molecule has 0 spiro atoms. The van der Waals surface area contributed by atoms with Crippen molar-refractivity contribution in [1.29, 1.82) is 0 Å². The summed E-state index contributed by atoms with van der Waals surface area (Å²) in [5.41, 5.74) is 0. The van der Waals surface area contributed by atoms with Crippen LogP contribution >= 0.6 is 11.3 Å². The number of hydrogen-bond acceptors (Lipinski definition) is 5. The van der Waals surface area contributed by atoms with Crippen molar-refractivity contribution in [2.45, 2.75) is 38.6 Å². The third-order valence-corrected chi connectivity index (χ3v) is 5.58. The lowest BCUT2D eigenvalue weighted by Gasteiger charge is -2.35. The summed E-state index contributed by atoms with van der Waals surface area (Å²) >= 11 is 1.78. The molecule has 1 aromatic rings. The van der Waals surface area contributed by atoms with Gasteiger partial charge in [0.1, 0.15) is 0 Å². The van der Waals surface area contributed by atoms with Gasteiger partial charge in [0.25, 0.3) is 0 Å². The highest BCUT2D eigenvalue weighted by molar-refractivity contribution is 7.15. The maximum Gasteiger partial charge on any atom is 0.224 e. The quantitative estimate of drug-likeness (QED) is 0.916. The molecule has 0 saturated carbocycles. The van der Waals surface area contributed by atoms with Crippen LogP contribution in [0.5, 0.6) is 0 Å². The maximum atomic E-state index is 12.3. The smallest absolute Gasteiger partial charge is 0.224 e. The van der Waals surface area contributed by atoms with Crippen molar-refractivity contribution in [3.8, 4) is 0 Å². The molecule has 2 aliphatic rings. The minimum atomic E-state index is 0.308. The first kappa shape index (κ1) is 14.8. The third-order valence-electron chi connectivity index (χ3n) is 4.38. The molecule has 2 fully saturated rings. The number of anilines is 1. The van der Waals surface area contributed by atoms with E-state index in [1.54, 1.807) is 11.3 Å². The molecule has 116 valence electrons. The lowest BCUT2D eigenvalue weighted by atomic mass is 10.1. The molecule has 0 bridgehead atoms. The van der Waals surface area contributed by atoms with Gasteiger partial charge in [0.2, 0.25) is 5.91 Å². The van der Waals surface area contributed by atoms with E-state index in [1.165, 1.54) is 11.3 Å². The van der Waals surface area contributed by atoms with Gasteiger partial charge < -0.3 is 15.1 Å². The Morgan fingerprint density at radius 2 is 2.24 bits per heavy atom. The monoisotopic (exact) mass is 308 g/mol. The number of rotatable bonds is 4. The maximum absolute atomic E-state index is 12.3. The van der Waals surface area contributed by atoms with Crippen molar-refractivity contribution in [3.63, 3.8) is 0 Å². The Morgan fingerprint density at radius 3 is 2.86 bits per heavy atom. The average Bonchev–Trinajstić information content (AvgIpc) is 3.18. The highest BCUT2D eigenvalue weighted by Gasteiger charge is 2.25. The normalized spacial score (nSPS) is 22.8. The molecule has 3 rings (SSSR count). The fourth-order valence-corrected chi connectivity index (χ4v) is 3.93. The molecular weight excluding hydrogens is 284 g/mol. The van der Waals surface area contributed by atoms with E-state index in [2.05, 4.69) is 22.1 Å². The summed E-state index contributed by atoms with van der Waals surface area (Å²) in [7, 11) is 0. The van der Waals surface area contributed by atoms with Crippen LogP contribution in [-0.2, 0) is 11.2 Å². The second-order valence-electron chi connectivity index (χ2n) is 5.83. The van der Waals surface area contributed by atoms with Crippen LogP contribution in [0.15, 0.2) is 6.20 Å². The van der Waals surface area contributed by atoms with Gasteiger partial charge >= 0.3 is 0 Å². The molecule has 1 unspecified atom stereocenters. The first-order chi connectivity index (χ1) is 10.3. The zero-order valence-corrected chi connectivity index (χ0v) is 13.5. The van der Waals surface area contributed by atoms with Crippen molar-refractivity contribution >= 4 is 22.4 Å². The van der Waals surface area contributed by atoms with Crippen LogP contribution in [0.4, 0.5) is 5.13 Å². The Hall–Kier alpha value is -1.14. The zero-order valence-electron chi connectivity index (χ0n) is 12.7. The Bertz CT molecular complexity index is 476. The third kappa shape index (κ3) is 3.55. The van der Waals surface area contributed by atoms with Gasteiger partial charge in [-0.05, 0) is 25.8 Å². The molecular formula is C15H24N4OS. The first-order valence-electron chi connectivity index (χ1n) is 7.97. The molecule has 6 heteroatoms. The van der Waals surface area contributed by atoms with Gasteiger partial charge in [0, 0.05) is 49.7 Å². The Balaban J connectivity index is 1.48. The van der Waals surface area contributed by atoms with Crippen molar-refractivity contribution in [3.05, 3.63) is 11.1 Å². The van der Waals surface area contributed by atoms with E-state index < -0.39 is 0 Å². The van der Waals surface area contributed by atoms with E-state index in [1.807, 2.05) is 11.1 Å². The predicted molar refractivity (Wildman–Crippen MR) is 85.9 cm³/mol. The number of piperazine rings is 1. The largest absolute Gasteiger partial charge is 0.345 e. The van der Waals surface area contributed by atoms with Crippen molar-refractivity contribution in [1.82, 2.24) is 15.2 Å². The van der Waals surface area contributed by atoms with E-state index in [9.17, 15) is 4.79 Å². The Morgan fingerprint density at radius 1 is 1.43 bits per heavy atom. The topological polar surface area (TPSA) is 48.5 Å². The SMILES string of the molecule is CCc1cnc(N2CCN(C(=O)CC3CCCN3)CC2)s1. The van der Waals surface area contributed by atoms with Crippen LogP contribution in [0, 0.1) is 0 Å². The summed E-state index contributed by atoms with van der Waals surface area (Å²) in [6, 6.07) is 0.404. The summed E-state index contributed by atoms with van der Waals surface area (Å²) in [5.74, 6) is 0.308. The fourth-order valence-electron chi connectivity index (χ4n) is 3.02. The number of carbonyl (C=O) groups is 1. The van der Waals surface area contributed by atoms with Gasteiger partial charge in [-0.1, -0.05) is 6.92 Å². The second-order valence-corrected chi connectivity index (χ2v) is 6.92. The van der Waals surface area contributed by atoms with Crippen molar-refractivity contribution in [2.24, 2.45) is 0 Å². The number of aromatic nitrogens is 1. The van der Waals surface area contributed by atoms with E-state index in [0.29, 0.717) is 18.4 Å². The van der Waals surface area contributed by atoms with Gasteiger partial charge in [-0.3, -0.25) is 4.79 Å². The van der Waals surface area contributed by atoms with Crippen LogP contribution in [-0.4, -0.2) is 54.6 Å². The van der Waals surface area contributed by atoms with Crippen LogP contribution in [0.25, 0.3) is 0 Å². The molecule has 3 heterocycles. The van der Waals surface area contributed by atoms with Gasteiger partial charge in [-0.15, -0.1) is 11.3 Å². The minimum Gasteiger partial charge on any atom is -0.345 e. The molecule has 1 N–H and O–H groups in total. The van der Waals surface area contributed by atoms with Crippen LogP contribution in [0.2, 0.25) is 0 Å². The Labute approximate surface area is 130 Å². The molecule has 1 atom stereocenters. The van der Waals surface area contributed by atoms with Crippen LogP contribution in [0.1, 0.15) is 31.1 Å². The van der Waals surface area contributed by atoms with E-state index in [-0.39, 0.29) is 0 Å². The number of carbonyl (C=O) groups excluding carboxylic acids is 1. The first-order valence-corrected chi connectivity index (χ1v) is 8.78. The standard InChI is InChI=1S/C15H24N4OS/c1-2-13-11-17-15(21-13)19-8-6-18(7-9-19)14(20)10-12-4-3-5-16-12/h11-12,16H,2-10H2,1H3. The molecule has 0 radical (unpaired) electrons. The molecule has 2 aliphatic heterocycles. The molecule has 5 nitrogen and oxygen atoms in total. The van der Waals surface area contributed by atoms with Crippen molar-refractivity contribution in [2.75, 3.05) is 37.6 Å². The molecule has 0 aliphatic carbocycles. The Kier molecular flexibility index (Phi) is 4.75. The molecule has 21 heavy (non-hydrogen) atoms. The summed E-state index contributed by atoms with van der Waals surface area (Å²) in [4.78, 5) is 22.5. The molecule has 1 aromatic heterocycles. The van der Waals surface area contributed by atoms with Gasteiger partial charge in [-0.2, -0.15) is 0 Å². The molecule has 0 aromatic carbocycles. The lowest BCUT2D eigenvalue weighted by molar-refractivity contribution is -0.131. The molecule has 1 amide bonds. The summed E-state index contributed by atoms with van der Waals surface area (Å²) in [6.07, 6.45) is 6.03. The zero-order chi connectivity index (χ0) is 14.7. The number of thiazole rings is 1. The minimum absolute atomic E-state index is 0.308. The van der Waals surface area contributed by atoms with E-state index in [4.69, 9.17) is 0 Å².